The molecule has 0 aliphatic heterocycles. The Balaban J connectivity index is 1.71. The van der Waals surface area contributed by atoms with Gasteiger partial charge in [0.2, 0.25) is 0 Å². The Hall–Kier alpha value is -2.87. The van der Waals surface area contributed by atoms with Gasteiger partial charge in [-0.2, -0.15) is 0 Å². The molecule has 1 aromatic heterocycles. The third-order valence-electron chi connectivity index (χ3n) is 2.55. The Labute approximate surface area is 123 Å². The fourth-order valence-electron chi connectivity index (χ4n) is 1.49. The number of carbonyl (C=O) groups is 1. The molecule has 0 radical (unpaired) electrons. The quantitative estimate of drug-likeness (QED) is 0.875. The summed E-state index contributed by atoms with van der Waals surface area (Å²) in [5.74, 6) is 6.36. The van der Waals surface area contributed by atoms with Gasteiger partial charge in [-0.05, 0) is 12.5 Å². The molecule has 2 aromatic rings. The van der Waals surface area contributed by atoms with E-state index < -0.39 is 6.09 Å². The highest BCUT2D eigenvalue weighted by Gasteiger charge is 2.00. The highest BCUT2D eigenvalue weighted by Crippen LogP contribution is 2.00. The van der Waals surface area contributed by atoms with Gasteiger partial charge in [-0.15, -0.1) is 0 Å². The minimum absolute atomic E-state index is 0.210. The molecule has 0 atom stereocenters. The zero-order valence-electron chi connectivity index (χ0n) is 11.7. The van der Waals surface area contributed by atoms with Gasteiger partial charge < -0.3 is 10.1 Å². The molecule has 2 rings (SSSR count). The smallest absolute Gasteiger partial charge is 0.408 e. The zero-order chi connectivity index (χ0) is 14.9. The summed E-state index contributed by atoms with van der Waals surface area (Å²) in [6.07, 6.45) is 2.79. The van der Waals surface area contributed by atoms with Crippen molar-refractivity contribution in [3.05, 3.63) is 59.7 Å². The minimum Gasteiger partial charge on any atom is -0.445 e. The molecular formula is C16H15N3O2. The lowest BCUT2D eigenvalue weighted by Crippen LogP contribution is -2.24. The summed E-state index contributed by atoms with van der Waals surface area (Å²) >= 11 is 0. The van der Waals surface area contributed by atoms with Crippen LogP contribution in [-0.4, -0.2) is 22.6 Å². The molecule has 21 heavy (non-hydrogen) atoms. The molecule has 1 heterocycles. The van der Waals surface area contributed by atoms with Gasteiger partial charge in [-0.3, -0.25) is 0 Å². The Morgan fingerprint density at radius 3 is 2.67 bits per heavy atom. The Morgan fingerprint density at radius 2 is 1.95 bits per heavy atom. The molecule has 0 saturated carbocycles. The predicted octanol–water partition coefficient (Wildman–Crippen LogP) is 2.06. The molecule has 1 amide bonds. The summed E-state index contributed by atoms with van der Waals surface area (Å²) < 4.78 is 5.05. The Bertz CT molecular complexity index is 643. The fourth-order valence-corrected chi connectivity index (χ4v) is 1.49. The first-order valence-electron chi connectivity index (χ1n) is 6.46. The van der Waals surface area contributed by atoms with Crippen molar-refractivity contribution in [2.45, 2.75) is 13.5 Å². The van der Waals surface area contributed by atoms with Crippen LogP contribution in [0.1, 0.15) is 17.0 Å². The number of carbonyl (C=O) groups excluding carboxylic acids is 1. The van der Waals surface area contributed by atoms with E-state index in [1.54, 1.807) is 12.4 Å². The average molecular weight is 281 g/mol. The molecular weight excluding hydrogens is 266 g/mol. The SMILES string of the molecule is Cc1ncc(C#CCNC(=O)OCc2ccccc2)cn1. The first-order chi connectivity index (χ1) is 10.2. The highest BCUT2D eigenvalue weighted by atomic mass is 16.5. The number of benzene rings is 1. The maximum absolute atomic E-state index is 11.4. The number of alkyl carbamates (subject to hydrolysis) is 1. The van der Waals surface area contributed by atoms with Crippen molar-refractivity contribution in [2.24, 2.45) is 0 Å². The molecule has 1 N–H and O–H groups in total. The molecule has 5 heteroatoms. The lowest BCUT2D eigenvalue weighted by molar-refractivity contribution is 0.141. The van der Waals surface area contributed by atoms with E-state index >= 15 is 0 Å². The second kappa shape index (κ2) is 7.65. The molecule has 5 nitrogen and oxygen atoms in total. The summed E-state index contributed by atoms with van der Waals surface area (Å²) in [5.41, 5.74) is 1.65. The van der Waals surface area contributed by atoms with Crippen molar-refractivity contribution >= 4 is 6.09 Å². The van der Waals surface area contributed by atoms with E-state index in [1.807, 2.05) is 37.3 Å². The highest BCUT2D eigenvalue weighted by molar-refractivity contribution is 5.67. The third-order valence-corrected chi connectivity index (χ3v) is 2.55. The number of nitrogens with one attached hydrogen (secondary N) is 1. The summed E-state index contributed by atoms with van der Waals surface area (Å²) in [4.78, 5) is 19.5. The van der Waals surface area contributed by atoms with Crippen LogP contribution in [0.4, 0.5) is 4.79 Å². The Morgan fingerprint density at radius 1 is 1.24 bits per heavy atom. The van der Waals surface area contributed by atoms with Gasteiger partial charge >= 0.3 is 6.09 Å². The van der Waals surface area contributed by atoms with Crippen molar-refractivity contribution in [1.29, 1.82) is 0 Å². The van der Waals surface area contributed by atoms with Crippen LogP contribution >= 0.6 is 0 Å². The van der Waals surface area contributed by atoms with E-state index in [0.29, 0.717) is 11.4 Å². The van der Waals surface area contributed by atoms with E-state index in [0.717, 1.165) is 5.56 Å². The lowest BCUT2D eigenvalue weighted by Gasteiger charge is -2.04. The number of amides is 1. The number of aryl methyl sites for hydroxylation is 1. The summed E-state index contributed by atoms with van der Waals surface area (Å²) in [6.45, 7) is 2.26. The van der Waals surface area contributed by atoms with E-state index in [1.165, 1.54) is 0 Å². The third kappa shape index (κ3) is 5.33. The van der Waals surface area contributed by atoms with Gasteiger partial charge in [-0.1, -0.05) is 42.2 Å². The van der Waals surface area contributed by atoms with Crippen molar-refractivity contribution in [2.75, 3.05) is 6.54 Å². The molecule has 0 bridgehead atoms. The number of nitrogens with zero attached hydrogens (tertiary/aromatic N) is 2. The van der Waals surface area contributed by atoms with E-state index in [9.17, 15) is 4.79 Å². The van der Waals surface area contributed by atoms with Crippen molar-refractivity contribution in [3.63, 3.8) is 0 Å². The van der Waals surface area contributed by atoms with Crippen LogP contribution in [0.15, 0.2) is 42.7 Å². The standard InChI is InChI=1S/C16H15N3O2/c1-13-18-10-15(11-19-13)8-5-9-17-16(20)21-12-14-6-3-2-4-7-14/h2-4,6-7,10-11H,9,12H2,1H3,(H,17,20). The number of hydrogen-bond acceptors (Lipinski definition) is 4. The second-order valence-electron chi connectivity index (χ2n) is 4.24. The maximum atomic E-state index is 11.4. The van der Waals surface area contributed by atoms with Crippen molar-refractivity contribution in [3.8, 4) is 11.8 Å². The minimum atomic E-state index is -0.492. The van der Waals surface area contributed by atoms with Crippen molar-refractivity contribution in [1.82, 2.24) is 15.3 Å². The molecule has 0 aliphatic rings. The van der Waals surface area contributed by atoms with Crippen LogP contribution in [0.5, 0.6) is 0 Å². The molecule has 0 fully saturated rings. The van der Waals surface area contributed by atoms with Crippen molar-refractivity contribution < 1.29 is 9.53 Å². The predicted molar refractivity (Wildman–Crippen MR) is 78.3 cm³/mol. The average Bonchev–Trinajstić information content (AvgIpc) is 2.52. The molecule has 0 aliphatic carbocycles. The van der Waals surface area contributed by atoms with Gasteiger partial charge in [0, 0.05) is 12.4 Å². The number of hydrogen-bond donors (Lipinski definition) is 1. The van der Waals surface area contributed by atoms with Crippen LogP contribution in [-0.2, 0) is 11.3 Å². The second-order valence-corrected chi connectivity index (χ2v) is 4.24. The largest absolute Gasteiger partial charge is 0.445 e. The van der Waals surface area contributed by atoms with Gasteiger partial charge in [0.15, 0.2) is 0 Å². The summed E-state index contributed by atoms with van der Waals surface area (Å²) in [5, 5.41) is 2.56. The molecule has 0 unspecified atom stereocenters. The molecule has 106 valence electrons. The van der Waals surface area contributed by atoms with E-state index in [2.05, 4.69) is 27.1 Å². The van der Waals surface area contributed by atoms with Gasteiger partial charge in [0.25, 0.3) is 0 Å². The van der Waals surface area contributed by atoms with Crippen LogP contribution in [0.25, 0.3) is 0 Å². The number of ether oxygens (including phenoxy) is 1. The van der Waals surface area contributed by atoms with E-state index in [-0.39, 0.29) is 13.2 Å². The van der Waals surface area contributed by atoms with E-state index in [4.69, 9.17) is 4.74 Å². The maximum Gasteiger partial charge on any atom is 0.408 e. The number of rotatable bonds is 3. The van der Waals surface area contributed by atoms with Gasteiger partial charge in [0.1, 0.15) is 12.4 Å². The van der Waals surface area contributed by atoms with Crippen LogP contribution in [0, 0.1) is 18.8 Å². The first kappa shape index (κ1) is 14.5. The Kier molecular flexibility index (Phi) is 5.30. The van der Waals surface area contributed by atoms with Crippen LogP contribution < -0.4 is 5.32 Å². The molecule has 1 aromatic carbocycles. The summed E-state index contributed by atoms with van der Waals surface area (Å²) in [6, 6.07) is 9.49. The molecule has 0 spiro atoms. The normalized spacial score (nSPS) is 9.38. The van der Waals surface area contributed by atoms with Gasteiger partial charge in [0.05, 0.1) is 12.1 Å². The summed E-state index contributed by atoms with van der Waals surface area (Å²) in [7, 11) is 0. The monoisotopic (exact) mass is 281 g/mol. The number of aromatic nitrogens is 2. The molecule has 0 saturated heterocycles. The lowest BCUT2D eigenvalue weighted by atomic mass is 10.2. The zero-order valence-corrected chi connectivity index (χ0v) is 11.7. The fraction of sp³-hybridized carbons (Fsp3) is 0.188. The first-order valence-corrected chi connectivity index (χ1v) is 6.46. The topological polar surface area (TPSA) is 64.1 Å². The van der Waals surface area contributed by atoms with Crippen LogP contribution in [0.2, 0.25) is 0 Å². The van der Waals surface area contributed by atoms with Crippen LogP contribution in [0.3, 0.4) is 0 Å². The van der Waals surface area contributed by atoms with Gasteiger partial charge in [-0.25, -0.2) is 14.8 Å².